The number of benzene rings is 1. The normalized spacial score (nSPS) is 21.5. The van der Waals surface area contributed by atoms with Crippen LogP contribution in [0.5, 0.6) is 0 Å². The molecule has 0 bridgehead atoms. The third-order valence-electron chi connectivity index (χ3n) is 4.81. The van der Waals surface area contributed by atoms with E-state index in [1.807, 2.05) is 17.9 Å². The molecular weight excluding hydrogens is 372 g/mol. The van der Waals surface area contributed by atoms with Gasteiger partial charge in [0, 0.05) is 32.0 Å². The van der Waals surface area contributed by atoms with Crippen molar-refractivity contribution in [1.82, 2.24) is 4.98 Å². The first-order chi connectivity index (χ1) is 12.9. The Morgan fingerprint density at radius 2 is 2.19 bits per heavy atom. The van der Waals surface area contributed by atoms with Crippen LogP contribution in [0.1, 0.15) is 25.3 Å². The van der Waals surface area contributed by atoms with E-state index in [1.165, 1.54) is 12.1 Å². The molecule has 1 spiro atoms. The average molecular weight is 388 g/mol. The van der Waals surface area contributed by atoms with Crippen LogP contribution < -0.4 is 10.5 Å². The van der Waals surface area contributed by atoms with E-state index >= 15 is 0 Å². The van der Waals surface area contributed by atoms with E-state index in [-0.39, 0.29) is 27.4 Å². The van der Waals surface area contributed by atoms with Gasteiger partial charge in [-0.05, 0) is 13.0 Å². The highest BCUT2D eigenvalue weighted by molar-refractivity contribution is 7.22. The van der Waals surface area contributed by atoms with Gasteiger partial charge < -0.3 is 14.4 Å². The average Bonchev–Trinajstić information content (AvgIpc) is 3.01. The number of nitriles is 1. The summed E-state index contributed by atoms with van der Waals surface area (Å²) >= 11 is 1.10. The van der Waals surface area contributed by atoms with Crippen LogP contribution in [0, 0.1) is 21.4 Å². The van der Waals surface area contributed by atoms with Crippen molar-refractivity contribution in [2.75, 3.05) is 24.6 Å². The molecule has 0 N–H and O–H groups in total. The zero-order chi connectivity index (χ0) is 19.2. The molecule has 1 atom stereocenters. The van der Waals surface area contributed by atoms with Crippen LogP contribution in [-0.4, -0.2) is 41.5 Å². The molecule has 3 heterocycles. The van der Waals surface area contributed by atoms with Gasteiger partial charge in [-0.15, -0.1) is 0 Å². The van der Waals surface area contributed by atoms with E-state index in [0.717, 1.165) is 11.3 Å². The highest BCUT2D eigenvalue weighted by atomic mass is 32.1. The van der Waals surface area contributed by atoms with Crippen LogP contribution >= 0.6 is 11.3 Å². The fourth-order valence-corrected chi connectivity index (χ4v) is 4.60. The first kappa shape index (κ1) is 17.8. The second-order valence-corrected chi connectivity index (χ2v) is 7.66. The number of non-ortho nitro benzene ring substituents is 1. The quantitative estimate of drug-likeness (QED) is 0.567. The lowest BCUT2D eigenvalue weighted by molar-refractivity contribution is -0.382. The molecule has 10 heteroatoms. The number of nitrogens with zero attached hydrogens (tertiary/aromatic N) is 4. The van der Waals surface area contributed by atoms with Crippen molar-refractivity contribution >= 4 is 32.2 Å². The van der Waals surface area contributed by atoms with E-state index < -0.39 is 16.3 Å². The number of anilines is 1. The largest absolute Gasteiger partial charge is 0.348 e. The molecule has 2 fully saturated rings. The number of hydrogen-bond acceptors (Lipinski definition) is 9. The highest BCUT2D eigenvalue weighted by Gasteiger charge is 2.43. The zero-order valence-corrected chi connectivity index (χ0v) is 15.3. The number of hydrogen-bond donors (Lipinski definition) is 0. The third kappa shape index (κ3) is 3.14. The van der Waals surface area contributed by atoms with Gasteiger partial charge in [0.05, 0.1) is 34.7 Å². The molecule has 140 valence electrons. The minimum absolute atomic E-state index is 0.0587. The Balaban J connectivity index is 1.70. The Bertz CT molecular complexity index is 1020. The van der Waals surface area contributed by atoms with Crippen molar-refractivity contribution in [2.24, 2.45) is 0 Å². The number of fused-ring (bicyclic) bond motifs is 1. The molecule has 0 aliphatic carbocycles. The van der Waals surface area contributed by atoms with Crippen LogP contribution in [0.25, 0.3) is 10.1 Å². The van der Waals surface area contributed by atoms with E-state index in [9.17, 15) is 14.9 Å². The maximum Gasteiger partial charge on any atom is 0.288 e. The molecule has 1 unspecified atom stereocenters. The second kappa shape index (κ2) is 6.53. The fraction of sp³-hybridized carbons (Fsp3) is 0.471. The zero-order valence-electron chi connectivity index (χ0n) is 14.5. The lowest BCUT2D eigenvalue weighted by Crippen LogP contribution is -2.45. The Labute approximate surface area is 157 Å². The first-order valence-electron chi connectivity index (χ1n) is 8.51. The molecule has 27 heavy (non-hydrogen) atoms. The van der Waals surface area contributed by atoms with Gasteiger partial charge in [0.2, 0.25) is 0 Å². The van der Waals surface area contributed by atoms with Gasteiger partial charge in [-0.3, -0.25) is 14.9 Å². The van der Waals surface area contributed by atoms with E-state index in [1.54, 1.807) is 0 Å². The summed E-state index contributed by atoms with van der Waals surface area (Å²) in [5, 5.41) is 21.0. The summed E-state index contributed by atoms with van der Waals surface area (Å²) in [7, 11) is 0. The van der Waals surface area contributed by atoms with E-state index in [2.05, 4.69) is 4.98 Å². The van der Waals surface area contributed by atoms with Gasteiger partial charge in [0.15, 0.2) is 10.9 Å². The predicted molar refractivity (Wildman–Crippen MR) is 97.9 cm³/mol. The third-order valence-corrected chi connectivity index (χ3v) is 5.97. The standard InChI is InChI=1S/C17H16N4O5S/c1-10-9-25-17(26-10)2-4-20(5-3-17)16-19-15(22)12-6-11(8-18)7-13(21(23)24)14(12)27-16/h6-7,10H,2-5,9H2,1H3. The molecule has 0 radical (unpaired) electrons. The molecule has 2 saturated heterocycles. The van der Waals surface area contributed by atoms with Crippen LogP contribution in [0.4, 0.5) is 10.8 Å². The van der Waals surface area contributed by atoms with Gasteiger partial charge >= 0.3 is 0 Å². The number of nitro benzene ring substituents is 1. The summed E-state index contributed by atoms with van der Waals surface area (Å²) in [6.07, 6.45) is 1.32. The maximum absolute atomic E-state index is 12.5. The van der Waals surface area contributed by atoms with Gasteiger partial charge in [-0.25, -0.2) is 0 Å². The lowest BCUT2D eigenvalue weighted by atomic mass is 10.0. The van der Waals surface area contributed by atoms with Crippen LogP contribution in [-0.2, 0) is 9.47 Å². The summed E-state index contributed by atoms with van der Waals surface area (Å²) in [6.45, 7) is 3.68. The summed E-state index contributed by atoms with van der Waals surface area (Å²) in [4.78, 5) is 29.3. The minimum Gasteiger partial charge on any atom is -0.348 e. The Morgan fingerprint density at radius 1 is 1.44 bits per heavy atom. The van der Waals surface area contributed by atoms with Gasteiger partial charge in [0.25, 0.3) is 11.2 Å². The van der Waals surface area contributed by atoms with Crippen molar-refractivity contribution in [3.8, 4) is 6.07 Å². The Kier molecular flexibility index (Phi) is 4.30. The van der Waals surface area contributed by atoms with Gasteiger partial charge in [-0.1, -0.05) is 11.3 Å². The molecule has 0 amide bonds. The predicted octanol–water partition coefficient (Wildman–Crippen LogP) is 2.17. The number of ether oxygens (including phenoxy) is 2. The van der Waals surface area contributed by atoms with Gasteiger partial charge in [0.1, 0.15) is 4.70 Å². The van der Waals surface area contributed by atoms with Crippen molar-refractivity contribution in [3.63, 3.8) is 0 Å². The SMILES string of the molecule is CC1COC2(CCN(c3nc(=O)c4cc(C#N)cc([N+](=O)[O-])c4s3)CC2)O1. The number of aromatic nitrogens is 1. The lowest BCUT2D eigenvalue weighted by Gasteiger charge is -2.37. The fourth-order valence-electron chi connectivity index (χ4n) is 3.48. The van der Waals surface area contributed by atoms with Crippen LogP contribution in [0.15, 0.2) is 16.9 Å². The maximum atomic E-state index is 12.5. The van der Waals surface area contributed by atoms with E-state index in [4.69, 9.17) is 14.7 Å². The molecule has 2 aromatic rings. The Morgan fingerprint density at radius 3 is 2.78 bits per heavy atom. The molecule has 0 saturated carbocycles. The van der Waals surface area contributed by atoms with Crippen LogP contribution in [0.3, 0.4) is 0 Å². The smallest absolute Gasteiger partial charge is 0.288 e. The monoisotopic (exact) mass is 388 g/mol. The summed E-state index contributed by atoms with van der Waals surface area (Å²) in [5.41, 5.74) is -0.751. The molecular formula is C17H16N4O5S. The Hall–Kier alpha value is -2.61. The van der Waals surface area contributed by atoms with Crippen molar-refractivity contribution in [3.05, 3.63) is 38.2 Å². The second-order valence-electron chi connectivity index (χ2n) is 6.68. The van der Waals surface area contributed by atoms with Gasteiger partial charge in [-0.2, -0.15) is 10.2 Å². The molecule has 2 aliphatic rings. The molecule has 1 aromatic carbocycles. The topological polar surface area (TPSA) is 119 Å². The molecule has 4 rings (SSSR count). The number of piperidine rings is 1. The summed E-state index contributed by atoms with van der Waals surface area (Å²) in [5.74, 6) is -0.578. The van der Waals surface area contributed by atoms with E-state index in [0.29, 0.717) is 37.7 Å². The summed E-state index contributed by atoms with van der Waals surface area (Å²) < 4.78 is 11.9. The van der Waals surface area contributed by atoms with Crippen molar-refractivity contribution in [2.45, 2.75) is 31.7 Å². The first-order valence-corrected chi connectivity index (χ1v) is 9.32. The van der Waals surface area contributed by atoms with Crippen LogP contribution in [0.2, 0.25) is 0 Å². The highest BCUT2D eigenvalue weighted by Crippen LogP contribution is 2.37. The van der Waals surface area contributed by atoms with Crippen molar-refractivity contribution < 1.29 is 14.4 Å². The number of nitro groups is 1. The summed E-state index contributed by atoms with van der Waals surface area (Å²) in [6, 6.07) is 4.39. The molecule has 1 aromatic heterocycles. The minimum atomic E-state index is -0.578. The molecule has 2 aliphatic heterocycles. The van der Waals surface area contributed by atoms with Crippen molar-refractivity contribution in [1.29, 1.82) is 5.26 Å². The number of rotatable bonds is 2. The molecule has 9 nitrogen and oxygen atoms in total.